The molecule has 1 rings (SSSR count). The Balaban J connectivity index is 2.54. The van der Waals surface area contributed by atoms with Crippen molar-refractivity contribution in [3.8, 4) is 0 Å². The van der Waals surface area contributed by atoms with E-state index in [4.69, 9.17) is 0 Å². The third kappa shape index (κ3) is 2.17. The molecule has 0 aliphatic heterocycles. The van der Waals surface area contributed by atoms with E-state index in [1.807, 2.05) is 13.8 Å². The maximum Gasteiger partial charge on any atom is 0.146 e. The van der Waals surface area contributed by atoms with E-state index in [0.717, 1.165) is 19.3 Å². The average Bonchev–Trinajstić information content (AvgIpc) is 2.02. The Kier molecular flexibility index (Phi) is 3.64. The zero-order valence-electron chi connectivity index (χ0n) is 8.51. The van der Waals surface area contributed by atoms with Crippen molar-refractivity contribution in [3.05, 3.63) is 0 Å². The second-order valence-electron chi connectivity index (χ2n) is 3.81. The fraction of sp³-hybridized carbons (Fsp3) is 0.818. The summed E-state index contributed by atoms with van der Waals surface area (Å²) >= 11 is 0. The lowest BCUT2D eigenvalue weighted by Gasteiger charge is -2.27. The van der Waals surface area contributed by atoms with Crippen LogP contribution in [-0.2, 0) is 9.59 Å². The van der Waals surface area contributed by atoms with E-state index >= 15 is 0 Å². The van der Waals surface area contributed by atoms with Gasteiger partial charge in [0.2, 0.25) is 0 Å². The molecule has 0 bridgehead atoms. The lowest BCUT2D eigenvalue weighted by Crippen LogP contribution is -2.32. The molecule has 2 nitrogen and oxygen atoms in total. The first-order valence-corrected chi connectivity index (χ1v) is 5.27. The highest BCUT2D eigenvalue weighted by Crippen LogP contribution is 2.30. The minimum absolute atomic E-state index is 0.124. The number of hydrogen-bond donors (Lipinski definition) is 0. The molecule has 1 aliphatic rings. The van der Waals surface area contributed by atoms with Gasteiger partial charge in [-0.3, -0.25) is 9.59 Å². The molecule has 0 aromatic heterocycles. The van der Waals surface area contributed by atoms with Crippen molar-refractivity contribution in [2.24, 2.45) is 11.8 Å². The Morgan fingerprint density at radius 3 is 2.23 bits per heavy atom. The lowest BCUT2D eigenvalue weighted by molar-refractivity contribution is -0.136. The molecular weight excluding hydrogens is 164 g/mol. The van der Waals surface area contributed by atoms with E-state index in [0.29, 0.717) is 12.8 Å². The van der Waals surface area contributed by atoms with E-state index in [-0.39, 0.29) is 23.4 Å². The molecule has 0 aromatic rings. The second-order valence-corrected chi connectivity index (χ2v) is 3.81. The predicted octanol–water partition coefficient (Wildman–Crippen LogP) is 2.36. The van der Waals surface area contributed by atoms with Crippen LogP contribution in [0.25, 0.3) is 0 Å². The topological polar surface area (TPSA) is 34.1 Å². The smallest absolute Gasteiger partial charge is 0.146 e. The third-order valence-electron chi connectivity index (χ3n) is 3.00. The first-order chi connectivity index (χ1) is 6.20. The molecule has 0 aromatic carbocycles. The Labute approximate surface area is 79.7 Å². The van der Waals surface area contributed by atoms with E-state index < -0.39 is 0 Å². The fourth-order valence-electron chi connectivity index (χ4n) is 1.81. The van der Waals surface area contributed by atoms with Crippen LogP contribution in [0.4, 0.5) is 0 Å². The van der Waals surface area contributed by atoms with E-state index in [1.165, 1.54) is 0 Å². The monoisotopic (exact) mass is 182 g/mol. The molecule has 2 heteroatoms. The highest BCUT2D eigenvalue weighted by atomic mass is 16.2. The van der Waals surface area contributed by atoms with Gasteiger partial charge < -0.3 is 0 Å². The average molecular weight is 182 g/mol. The van der Waals surface area contributed by atoms with Crippen molar-refractivity contribution in [1.82, 2.24) is 0 Å². The van der Waals surface area contributed by atoms with Crippen LogP contribution >= 0.6 is 0 Å². The van der Waals surface area contributed by atoms with Crippen LogP contribution in [0.5, 0.6) is 0 Å². The fourth-order valence-corrected chi connectivity index (χ4v) is 1.81. The summed E-state index contributed by atoms with van der Waals surface area (Å²) in [5.41, 5.74) is 0. The van der Waals surface area contributed by atoms with Crippen LogP contribution in [0.15, 0.2) is 0 Å². The van der Waals surface area contributed by atoms with Gasteiger partial charge in [0.1, 0.15) is 11.6 Å². The highest BCUT2D eigenvalue weighted by molar-refractivity contribution is 6.03. The van der Waals surface area contributed by atoms with Crippen molar-refractivity contribution >= 4 is 11.6 Å². The summed E-state index contributed by atoms with van der Waals surface area (Å²) in [7, 11) is 0. The number of carbonyl (C=O) groups excluding carboxylic acids is 2. The number of hydrogen-bond acceptors (Lipinski definition) is 2. The van der Waals surface area contributed by atoms with Crippen molar-refractivity contribution in [1.29, 1.82) is 0 Å². The highest BCUT2D eigenvalue weighted by Gasteiger charge is 2.32. The Hall–Kier alpha value is -0.660. The van der Waals surface area contributed by atoms with Gasteiger partial charge in [-0.1, -0.05) is 20.3 Å². The molecule has 13 heavy (non-hydrogen) atoms. The predicted molar refractivity (Wildman–Crippen MR) is 51.4 cm³/mol. The van der Waals surface area contributed by atoms with Gasteiger partial charge in [-0.15, -0.1) is 0 Å². The van der Waals surface area contributed by atoms with Crippen LogP contribution in [0.1, 0.15) is 46.0 Å². The van der Waals surface area contributed by atoms with E-state index in [2.05, 4.69) is 0 Å². The minimum Gasteiger partial charge on any atom is -0.299 e. The van der Waals surface area contributed by atoms with E-state index in [1.54, 1.807) is 0 Å². The normalized spacial score (nSPS) is 19.2. The molecule has 0 radical (unpaired) electrons. The first kappa shape index (κ1) is 10.4. The molecule has 0 heterocycles. The molecule has 74 valence electrons. The van der Waals surface area contributed by atoms with Gasteiger partial charge >= 0.3 is 0 Å². The first-order valence-electron chi connectivity index (χ1n) is 5.27. The molecule has 1 aliphatic carbocycles. The maximum atomic E-state index is 11.7. The maximum absolute atomic E-state index is 11.7. The number of rotatable bonds is 5. The number of carbonyl (C=O) groups is 2. The molecule has 1 unspecified atom stereocenters. The van der Waals surface area contributed by atoms with Crippen molar-refractivity contribution < 1.29 is 9.59 Å². The summed E-state index contributed by atoms with van der Waals surface area (Å²) in [5, 5.41) is 0. The Morgan fingerprint density at radius 1 is 1.31 bits per heavy atom. The summed E-state index contributed by atoms with van der Waals surface area (Å²) in [6.45, 7) is 3.76. The zero-order chi connectivity index (χ0) is 9.84. The zero-order valence-corrected chi connectivity index (χ0v) is 8.51. The van der Waals surface area contributed by atoms with Gasteiger partial charge in [-0.25, -0.2) is 0 Å². The van der Waals surface area contributed by atoms with Crippen molar-refractivity contribution in [2.45, 2.75) is 46.0 Å². The molecule has 0 saturated heterocycles. The van der Waals surface area contributed by atoms with Crippen LogP contribution in [0.2, 0.25) is 0 Å². The number of Topliss-reactive ketones (excluding diaryl/α,β-unsaturated/α-hetero) is 2. The van der Waals surface area contributed by atoms with Crippen LogP contribution in [0, 0.1) is 11.8 Å². The summed E-state index contributed by atoms with van der Waals surface area (Å²) < 4.78 is 0. The molecule has 0 amide bonds. The van der Waals surface area contributed by atoms with Crippen molar-refractivity contribution in [3.63, 3.8) is 0 Å². The molecule has 0 N–H and O–H groups in total. The van der Waals surface area contributed by atoms with Gasteiger partial charge in [0.25, 0.3) is 0 Å². The molecule has 1 fully saturated rings. The Morgan fingerprint density at radius 2 is 1.92 bits per heavy atom. The standard InChI is InChI=1S/C11H18O2/c1-3-9(10(12)4-2)11(13)8-6-5-7-8/h8-9H,3-7H2,1-2H3. The summed E-state index contributed by atoms with van der Waals surface area (Å²) in [4.78, 5) is 23.1. The largest absolute Gasteiger partial charge is 0.299 e. The van der Waals surface area contributed by atoms with Gasteiger partial charge in [0.05, 0.1) is 5.92 Å². The summed E-state index contributed by atoms with van der Waals surface area (Å²) in [6.07, 6.45) is 4.35. The summed E-state index contributed by atoms with van der Waals surface area (Å²) in [5.74, 6) is 0.246. The molecule has 0 spiro atoms. The third-order valence-corrected chi connectivity index (χ3v) is 3.00. The Bertz CT molecular complexity index is 204. The van der Waals surface area contributed by atoms with Crippen LogP contribution in [0.3, 0.4) is 0 Å². The van der Waals surface area contributed by atoms with Crippen LogP contribution < -0.4 is 0 Å². The second kappa shape index (κ2) is 4.54. The van der Waals surface area contributed by atoms with Gasteiger partial charge in [0.15, 0.2) is 0 Å². The van der Waals surface area contributed by atoms with Crippen molar-refractivity contribution in [2.75, 3.05) is 0 Å². The van der Waals surface area contributed by atoms with Crippen LogP contribution in [-0.4, -0.2) is 11.6 Å². The summed E-state index contributed by atoms with van der Waals surface area (Å²) in [6, 6.07) is 0. The number of ketones is 2. The SMILES string of the molecule is CCC(=O)C(CC)C(=O)C1CCC1. The quantitative estimate of drug-likeness (QED) is 0.612. The molecule has 1 atom stereocenters. The lowest BCUT2D eigenvalue weighted by atomic mass is 9.76. The molecule has 1 saturated carbocycles. The van der Waals surface area contributed by atoms with Gasteiger partial charge in [-0.05, 0) is 19.3 Å². The van der Waals surface area contributed by atoms with E-state index in [9.17, 15) is 9.59 Å². The van der Waals surface area contributed by atoms with Gasteiger partial charge in [0, 0.05) is 12.3 Å². The molecular formula is C11H18O2. The van der Waals surface area contributed by atoms with Gasteiger partial charge in [-0.2, -0.15) is 0 Å². The minimum atomic E-state index is -0.296.